The summed E-state index contributed by atoms with van der Waals surface area (Å²) in [5.41, 5.74) is 0. The van der Waals surface area contributed by atoms with E-state index < -0.39 is 51.9 Å². The van der Waals surface area contributed by atoms with E-state index in [4.69, 9.17) is 5.11 Å². The second-order valence-electron chi connectivity index (χ2n) is 5.90. The van der Waals surface area contributed by atoms with Crippen molar-refractivity contribution < 1.29 is 62.2 Å². The Balaban J connectivity index is 5.78. The van der Waals surface area contributed by atoms with Crippen LogP contribution in [0.15, 0.2) is 9.66 Å². The summed E-state index contributed by atoms with van der Waals surface area (Å²) in [7, 11) is 0. The van der Waals surface area contributed by atoms with E-state index in [9.17, 15) is 57.1 Å². The Bertz CT molecular complexity index is 568. The van der Waals surface area contributed by atoms with E-state index in [2.05, 4.69) is 0 Å². The lowest BCUT2D eigenvalue weighted by atomic mass is 9.93. The van der Waals surface area contributed by atoms with Crippen LogP contribution in [0.3, 0.4) is 0 Å². The van der Waals surface area contributed by atoms with Gasteiger partial charge in [0.2, 0.25) is 0 Å². The van der Waals surface area contributed by atoms with Gasteiger partial charge in [-0.05, 0) is 45.4 Å². The van der Waals surface area contributed by atoms with Crippen LogP contribution in [0, 0.1) is 0 Å². The first-order valence-corrected chi connectivity index (χ1v) is 8.72. The fourth-order valence-electron chi connectivity index (χ4n) is 1.90. The second-order valence-corrected chi connectivity index (χ2v) is 7.28. The molecule has 0 spiro atoms. The lowest BCUT2D eigenvalue weighted by molar-refractivity contribution is -0.436. The average Bonchev–Trinajstić information content (AvgIpc) is 2.52. The molecule has 0 fully saturated rings. The standard InChI is InChI=1S/C14H14F13IO/c15-9(16,7-8(28)5-3-1-2-4-6-29)10(17,18)11(19,20)12(21,22)13(23,24)14(25,26)27/h7,29H,1-6H2. The monoisotopic (exact) mass is 572 g/mol. The molecule has 1 nitrogen and oxygen atoms in total. The van der Waals surface area contributed by atoms with Gasteiger partial charge in [-0.3, -0.25) is 0 Å². The lowest BCUT2D eigenvalue weighted by Gasteiger charge is -2.39. The van der Waals surface area contributed by atoms with Crippen LogP contribution in [-0.4, -0.2) is 47.5 Å². The minimum absolute atomic E-state index is 0.0368. The fraction of sp³-hybridized carbons (Fsp3) is 0.857. The zero-order chi connectivity index (χ0) is 23.5. The molecule has 0 atom stereocenters. The normalized spacial score (nSPS) is 15.8. The second kappa shape index (κ2) is 9.34. The van der Waals surface area contributed by atoms with Crippen LogP contribution in [-0.2, 0) is 0 Å². The van der Waals surface area contributed by atoms with Gasteiger partial charge in [0.05, 0.1) is 0 Å². The van der Waals surface area contributed by atoms with E-state index in [0.717, 1.165) is 22.6 Å². The Labute approximate surface area is 169 Å². The van der Waals surface area contributed by atoms with E-state index in [1.807, 2.05) is 0 Å². The third-order valence-corrected chi connectivity index (χ3v) is 4.47. The maximum Gasteiger partial charge on any atom is 0.460 e. The Morgan fingerprint density at radius 1 is 0.621 bits per heavy atom. The van der Waals surface area contributed by atoms with Crippen molar-refractivity contribution in [3.05, 3.63) is 9.66 Å². The topological polar surface area (TPSA) is 20.2 Å². The van der Waals surface area contributed by atoms with Gasteiger partial charge >= 0.3 is 35.8 Å². The number of aliphatic hydroxyl groups excluding tert-OH is 1. The molecule has 0 heterocycles. The highest BCUT2D eigenvalue weighted by atomic mass is 127. The molecule has 0 rings (SSSR count). The highest BCUT2D eigenvalue weighted by molar-refractivity contribution is 14.1. The number of halogens is 14. The highest BCUT2D eigenvalue weighted by Crippen LogP contribution is 2.60. The zero-order valence-electron chi connectivity index (χ0n) is 14.1. The Morgan fingerprint density at radius 2 is 1.03 bits per heavy atom. The predicted molar refractivity (Wildman–Crippen MR) is 83.1 cm³/mol. The van der Waals surface area contributed by atoms with Crippen LogP contribution < -0.4 is 0 Å². The van der Waals surface area contributed by atoms with Gasteiger partial charge in [-0.15, -0.1) is 0 Å². The molecule has 0 unspecified atom stereocenters. The molecule has 0 bridgehead atoms. The van der Waals surface area contributed by atoms with Crippen molar-refractivity contribution in [2.45, 2.75) is 67.9 Å². The van der Waals surface area contributed by atoms with Gasteiger partial charge < -0.3 is 5.11 Å². The molecule has 0 aromatic heterocycles. The van der Waals surface area contributed by atoms with Crippen molar-refractivity contribution in [2.24, 2.45) is 0 Å². The van der Waals surface area contributed by atoms with Crippen LogP contribution in [0.25, 0.3) is 0 Å². The molecule has 0 saturated carbocycles. The minimum atomic E-state index is -7.88. The van der Waals surface area contributed by atoms with Gasteiger partial charge in [-0.1, -0.05) is 12.8 Å². The summed E-state index contributed by atoms with van der Waals surface area (Å²) in [4.78, 5) is 0. The van der Waals surface area contributed by atoms with E-state index >= 15 is 0 Å². The van der Waals surface area contributed by atoms with E-state index in [1.165, 1.54) is 0 Å². The number of allylic oxidation sites excluding steroid dienone is 2. The van der Waals surface area contributed by atoms with Crippen LogP contribution >= 0.6 is 22.6 Å². The molecule has 0 aliphatic heterocycles. The summed E-state index contributed by atoms with van der Waals surface area (Å²) in [6, 6.07) is 0. The first kappa shape index (κ1) is 28.5. The van der Waals surface area contributed by atoms with Crippen molar-refractivity contribution in [3.63, 3.8) is 0 Å². The molecular formula is C14H14F13IO. The number of aliphatic hydroxyl groups is 1. The molecule has 0 aliphatic carbocycles. The lowest BCUT2D eigenvalue weighted by Crippen LogP contribution is -2.69. The minimum Gasteiger partial charge on any atom is -0.396 e. The van der Waals surface area contributed by atoms with Crippen LogP contribution in [0.2, 0.25) is 0 Å². The maximum absolute atomic E-state index is 13.6. The van der Waals surface area contributed by atoms with Crippen molar-refractivity contribution in [1.29, 1.82) is 0 Å². The highest BCUT2D eigenvalue weighted by Gasteiger charge is 2.90. The van der Waals surface area contributed by atoms with Crippen molar-refractivity contribution in [3.8, 4) is 0 Å². The molecule has 29 heavy (non-hydrogen) atoms. The molecule has 0 aromatic carbocycles. The average molecular weight is 572 g/mol. The van der Waals surface area contributed by atoms with Crippen LogP contribution in [0.4, 0.5) is 57.1 Å². The molecule has 174 valence electrons. The maximum atomic E-state index is 13.6. The summed E-state index contributed by atoms with van der Waals surface area (Å²) in [5, 5.41) is 8.52. The van der Waals surface area contributed by atoms with Crippen molar-refractivity contribution >= 4 is 22.6 Å². The van der Waals surface area contributed by atoms with E-state index in [0.29, 0.717) is 12.8 Å². The Kier molecular flexibility index (Phi) is 9.19. The predicted octanol–water partition coefficient (Wildman–Crippen LogP) is 6.99. The number of alkyl halides is 13. The first-order chi connectivity index (χ1) is 12.7. The Hall–Kier alpha value is -0.480. The first-order valence-electron chi connectivity index (χ1n) is 7.64. The molecular weight excluding hydrogens is 558 g/mol. The third kappa shape index (κ3) is 5.61. The largest absolute Gasteiger partial charge is 0.460 e. The molecule has 0 aromatic rings. The summed E-state index contributed by atoms with van der Waals surface area (Å²) in [6.07, 6.45) is -7.67. The van der Waals surface area contributed by atoms with Gasteiger partial charge in [0, 0.05) is 12.7 Å². The van der Waals surface area contributed by atoms with Gasteiger partial charge in [-0.2, -0.15) is 57.1 Å². The number of unbranched alkanes of at least 4 members (excludes halogenated alkanes) is 3. The van der Waals surface area contributed by atoms with Crippen LogP contribution in [0.5, 0.6) is 0 Å². The van der Waals surface area contributed by atoms with E-state index in [1.54, 1.807) is 0 Å². The van der Waals surface area contributed by atoms with Crippen LogP contribution in [0.1, 0.15) is 32.1 Å². The van der Waals surface area contributed by atoms with Gasteiger partial charge in [0.25, 0.3) is 0 Å². The third-order valence-electron chi connectivity index (χ3n) is 3.62. The number of hydrogen-bond donors (Lipinski definition) is 1. The molecule has 0 radical (unpaired) electrons. The molecule has 0 saturated heterocycles. The summed E-state index contributed by atoms with van der Waals surface area (Å²) >= 11 is 0.984. The summed E-state index contributed by atoms with van der Waals surface area (Å²) in [6.45, 7) is -0.191. The summed E-state index contributed by atoms with van der Waals surface area (Å²) in [5.74, 6) is -36.8. The number of hydrogen-bond acceptors (Lipinski definition) is 1. The van der Waals surface area contributed by atoms with Gasteiger partial charge in [0.1, 0.15) is 0 Å². The smallest absolute Gasteiger partial charge is 0.396 e. The van der Waals surface area contributed by atoms with Crippen molar-refractivity contribution in [1.82, 2.24) is 0 Å². The number of rotatable bonds is 11. The molecule has 15 heteroatoms. The zero-order valence-corrected chi connectivity index (χ0v) is 16.2. The quantitative estimate of drug-likeness (QED) is 0.161. The molecule has 0 aliphatic rings. The molecule has 0 amide bonds. The van der Waals surface area contributed by atoms with Gasteiger partial charge in [0.15, 0.2) is 0 Å². The Morgan fingerprint density at radius 3 is 1.45 bits per heavy atom. The van der Waals surface area contributed by atoms with Gasteiger partial charge in [-0.25, -0.2) is 0 Å². The summed E-state index contributed by atoms with van der Waals surface area (Å²) < 4.78 is 167. The van der Waals surface area contributed by atoms with Crippen molar-refractivity contribution in [2.75, 3.05) is 6.61 Å². The fourth-order valence-corrected chi connectivity index (χ4v) is 2.67. The van der Waals surface area contributed by atoms with E-state index in [-0.39, 0.29) is 19.4 Å². The SMILES string of the molecule is OCCCCCCC(I)=CC(F)(F)C(F)(F)C(F)(F)C(F)(F)C(F)(F)C(F)(F)F. The molecule has 1 N–H and O–H groups in total.